The highest BCUT2D eigenvalue weighted by molar-refractivity contribution is 7.16. The molecule has 134 valence electrons. The van der Waals surface area contributed by atoms with Gasteiger partial charge in [0.1, 0.15) is 5.01 Å². The largest absolute Gasteiger partial charge is 0.395 e. The molecule has 0 saturated heterocycles. The number of hydrogen-bond acceptors (Lipinski definition) is 6. The van der Waals surface area contributed by atoms with Crippen molar-refractivity contribution >= 4 is 33.6 Å². The molecule has 0 unspecified atom stereocenters. The van der Waals surface area contributed by atoms with E-state index < -0.39 is 0 Å². The summed E-state index contributed by atoms with van der Waals surface area (Å²) in [6.45, 7) is 6.07. The molecule has 0 aliphatic rings. The standard InChI is InChI=1S/C17H22ClN5OS/c1-11-16(23-17(20-11)25-12(2)21-23)9-19-14-4-5-15(18)13(8-14)10-22(3)6-7-24/h4-5,8,19,24H,6-7,9-10H2,1-3H3. The summed E-state index contributed by atoms with van der Waals surface area (Å²) in [7, 11) is 1.96. The Hall–Kier alpha value is -1.67. The molecule has 3 aromatic rings. The number of aryl methyl sites for hydroxylation is 2. The fourth-order valence-corrected chi connectivity index (χ4v) is 3.71. The average Bonchev–Trinajstić information content (AvgIpc) is 3.03. The summed E-state index contributed by atoms with van der Waals surface area (Å²) in [6.07, 6.45) is 0. The van der Waals surface area contributed by atoms with Crippen molar-refractivity contribution in [2.45, 2.75) is 26.9 Å². The van der Waals surface area contributed by atoms with E-state index in [1.807, 2.05) is 42.4 Å². The lowest BCUT2D eigenvalue weighted by Gasteiger charge is -2.17. The molecular weight excluding hydrogens is 358 g/mol. The number of imidazole rings is 1. The highest BCUT2D eigenvalue weighted by Gasteiger charge is 2.13. The summed E-state index contributed by atoms with van der Waals surface area (Å²) < 4.78 is 1.91. The van der Waals surface area contributed by atoms with Gasteiger partial charge in [-0.05, 0) is 44.7 Å². The topological polar surface area (TPSA) is 65.7 Å². The first-order valence-electron chi connectivity index (χ1n) is 8.11. The van der Waals surface area contributed by atoms with Gasteiger partial charge in [-0.2, -0.15) is 5.10 Å². The maximum atomic E-state index is 9.04. The van der Waals surface area contributed by atoms with Crippen molar-refractivity contribution in [2.24, 2.45) is 0 Å². The predicted octanol–water partition coefficient (Wildman–Crippen LogP) is 3.10. The molecule has 0 atom stereocenters. The number of nitrogens with zero attached hydrogens (tertiary/aromatic N) is 4. The van der Waals surface area contributed by atoms with Crippen molar-refractivity contribution in [1.82, 2.24) is 19.5 Å². The molecule has 0 aliphatic carbocycles. The SMILES string of the molecule is Cc1nn2c(CNc3ccc(Cl)c(CN(C)CCO)c3)c(C)nc2s1. The zero-order valence-corrected chi connectivity index (χ0v) is 16.2. The fraction of sp³-hybridized carbons (Fsp3) is 0.412. The number of fused-ring (bicyclic) bond motifs is 1. The number of benzene rings is 1. The Morgan fingerprint density at radius 1 is 1.36 bits per heavy atom. The molecule has 25 heavy (non-hydrogen) atoms. The number of likely N-dealkylation sites (N-methyl/N-ethyl adjacent to an activating group) is 1. The second-order valence-corrected chi connectivity index (χ2v) is 7.65. The molecule has 8 heteroatoms. The number of aliphatic hydroxyl groups excluding tert-OH is 1. The van der Waals surface area contributed by atoms with Crippen molar-refractivity contribution in [2.75, 3.05) is 25.5 Å². The smallest absolute Gasteiger partial charge is 0.212 e. The predicted molar refractivity (Wildman–Crippen MR) is 103 cm³/mol. The van der Waals surface area contributed by atoms with Crippen LogP contribution in [0.4, 0.5) is 5.69 Å². The van der Waals surface area contributed by atoms with Crippen LogP contribution in [0.1, 0.15) is 22.0 Å². The molecule has 0 radical (unpaired) electrons. The van der Waals surface area contributed by atoms with Gasteiger partial charge in [0.05, 0.1) is 24.5 Å². The molecule has 0 bridgehead atoms. The summed E-state index contributed by atoms with van der Waals surface area (Å²) in [5.41, 5.74) is 4.08. The Labute approximate surface area is 156 Å². The molecule has 6 nitrogen and oxygen atoms in total. The van der Waals surface area contributed by atoms with Crippen LogP contribution in [-0.2, 0) is 13.1 Å². The number of aliphatic hydroxyl groups is 1. The van der Waals surface area contributed by atoms with E-state index in [4.69, 9.17) is 16.7 Å². The third-order valence-electron chi connectivity index (χ3n) is 4.03. The molecule has 2 heterocycles. The lowest BCUT2D eigenvalue weighted by atomic mass is 10.2. The number of nitrogens with one attached hydrogen (secondary N) is 1. The van der Waals surface area contributed by atoms with Crippen LogP contribution in [0, 0.1) is 13.8 Å². The van der Waals surface area contributed by atoms with Crippen LogP contribution in [0.5, 0.6) is 0 Å². The summed E-state index contributed by atoms with van der Waals surface area (Å²) in [5, 5.41) is 18.7. The van der Waals surface area contributed by atoms with E-state index in [1.54, 1.807) is 11.3 Å². The van der Waals surface area contributed by atoms with E-state index in [1.165, 1.54) is 0 Å². The zero-order valence-electron chi connectivity index (χ0n) is 14.6. The van der Waals surface area contributed by atoms with Gasteiger partial charge < -0.3 is 10.4 Å². The molecule has 0 amide bonds. The van der Waals surface area contributed by atoms with Crippen molar-refractivity contribution in [3.05, 3.63) is 45.2 Å². The maximum Gasteiger partial charge on any atom is 0.212 e. The summed E-state index contributed by atoms with van der Waals surface area (Å²) >= 11 is 7.90. The lowest BCUT2D eigenvalue weighted by Crippen LogP contribution is -2.21. The summed E-state index contributed by atoms with van der Waals surface area (Å²) in [6, 6.07) is 5.92. The van der Waals surface area contributed by atoms with Gasteiger partial charge in [0, 0.05) is 23.8 Å². The first-order chi connectivity index (χ1) is 12.0. The normalized spacial score (nSPS) is 11.6. The first-order valence-corrected chi connectivity index (χ1v) is 9.30. The first kappa shape index (κ1) is 18.1. The molecular formula is C17H22ClN5OS. The second kappa shape index (κ2) is 7.70. The van der Waals surface area contributed by atoms with Crippen LogP contribution in [0.2, 0.25) is 5.02 Å². The number of anilines is 1. The van der Waals surface area contributed by atoms with Gasteiger partial charge in [-0.1, -0.05) is 22.9 Å². The molecule has 2 aromatic heterocycles. The second-order valence-electron chi connectivity index (χ2n) is 6.08. The Balaban J connectivity index is 1.75. The molecule has 0 saturated carbocycles. The molecule has 0 spiro atoms. The molecule has 3 rings (SSSR count). The van der Waals surface area contributed by atoms with Gasteiger partial charge in [-0.25, -0.2) is 9.50 Å². The number of hydrogen-bond donors (Lipinski definition) is 2. The van der Waals surface area contributed by atoms with Crippen molar-refractivity contribution in [3.63, 3.8) is 0 Å². The highest BCUT2D eigenvalue weighted by Crippen LogP contribution is 2.23. The van der Waals surface area contributed by atoms with Crippen LogP contribution < -0.4 is 5.32 Å². The van der Waals surface area contributed by atoms with Crippen LogP contribution in [0.15, 0.2) is 18.2 Å². The van der Waals surface area contributed by atoms with Crippen LogP contribution in [0.3, 0.4) is 0 Å². The minimum absolute atomic E-state index is 0.135. The van der Waals surface area contributed by atoms with E-state index in [0.717, 1.165) is 37.6 Å². The summed E-state index contributed by atoms with van der Waals surface area (Å²) in [4.78, 5) is 7.53. The highest BCUT2D eigenvalue weighted by atomic mass is 35.5. The Bertz CT molecular complexity index is 875. The maximum absolute atomic E-state index is 9.04. The Morgan fingerprint density at radius 3 is 2.92 bits per heavy atom. The van der Waals surface area contributed by atoms with E-state index in [0.29, 0.717) is 19.6 Å². The Morgan fingerprint density at radius 2 is 2.16 bits per heavy atom. The molecule has 0 fully saturated rings. The van der Waals surface area contributed by atoms with Gasteiger partial charge in [-0.15, -0.1) is 0 Å². The number of aromatic nitrogens is 3. The van der Waals surface area contributed by atoms with Gasteiger partial charge in [-0.3, -0.25) is 4.90 Å². The van der Waals surface area contributed by atoms with Crippen molar-refractivity contribution < 1.29 is 5.11 Å². The minimum atomic E-state index is 0.135. The van der Waals surface area contributed by atoms with Crippen LogP contribution in [-0.4, -0.2) is 44.8 Å². The third kappa shape index (κ3) is 4.12. The minimum Gasteiger partial charge on any atom is -0.395 e. The van der Waals surface area contributed by atoms with E-state index in [-0.39, 0.29) is 6.61 Å². The van der Waals surface area contributed by atoms with Gasteiger partial charge >= 0.3 is 0 Å². The monoisotopic (exact) mass is 379 g/mol. The van der Waals surface area contributed by atoms with Gasteiger partial charge in [0.25, 0.3) is 0 Å². The van der Waals surface area contributed by atoms with E-state index >= 15 is 0 Å². The molecule has 0 aliphatic heterocycles. The third-order valence-corrected chi connectivity index (χ3v) is 5.22. The fourth-order valence-electron chi connectivity index (χ4n) is 2.72. The van der Waals surface area contributed by atoms with Gasteiger partial charge in [0.2, 0.25) is 4.96 Å². The van der Waals surface area contributed by atoms with Crippen molar-refractivity contribution in [1.29, 1.82) is 0 Å². The summed E-state index contributed by atoms with van der Waals surface area (Å²) in [5.74, 6) is 0. The van der Waals surface area contributed by atoms with E-state index in [9.17, 15) is 0 Å². The van der Waals surface area contributed by atoms with Gasteiger partial charge in [0.15, 0.2) is 0 Å². The number of halogens is 1. The quantitative estimate of drug-likeness (QED) is 0.660. The lowest BCUT2D eigenvalue weighted by molar-refractivity contribution is 0.217. The average molecular weight is 380 g/mol. The number of rotatable bonds is 7. The molecule has 1 aromatic carbocycles. The van der Waals surface area contributed by atoms with E-state index in [2.05, 4.69) is 21.5 Å². The van der Waals surface area contributed by atoms with Crippen LogP contribution >= 0.6 is 22.9 Å². The van der Waals surface area contributed by atoms with Crippen LogP contribution in [0.25, 0.3) is 4.96 Å². The Kier molecular flexibility index (Phi) is 5.58. The zero-order chi connectivity index (χ0) is 18.0. The van der Waals surface area contributed by atoms with Crippen molar-refractivity contribution in [3.8, 4) is 0 Å². The molecule has 2 N–H and O–H groups in total.